The molecule has 2 aromatic rings. The van der Waals surface area contributed by atoms with Crippen molar-refractivity contribution in [2.45, 2.75) is 31.8 Å². The number of rotatable bonds is 5. The highest BCUT2D eigenvalue weighted by Gasteiger charge is 2.22. The molecule has 1 unspecified atom stereocenters. The van der Waals surface area contributed by atoms with Gasteiger partial charge < -0.3 is 11.1 Å². The minimum Gasteiger partial charge on any atom is -0.370 e. The van der Waals surface area contributed by atoms with Crippen LogP contribution in [0.2, 0.25) is 5.02 Å². The summed E-state index contributed by atoms with van der Waals surface area (Å²) in [6, 6.07) is 14.1. The molecule has 0 radical (unpaired) electrons. The fourth-order valence-corrected chi connectivity index (χ4v) is 3.37. The van der Waals surface area contributed by atoms with Crippen LogP contribution in [0.15, 0.2) is 53.7 Å². The number of benzene rings is 1. The lowest BCUT2D eigenvalue weighted by Gasteiger charge is -2.35. The highest BCUT2D eigenvalue weighted by molar-refractivity contribution is 6.30. The molecule has 1 aliphatic heterocycles. The number of guanidine groups is 1. The zero-order valence-electron chi connectivity index (χ0n) is 14.2. The number of anilines is 1. The molecule has 6 heteroatoms. The molecule has 0 saturated carbocycles. The number of likely N-dealkylation sites (tertiary alicyclic amines) is 1. The van der Waals surface area contributed by atoms with Crippen LogP contribution in [0.1, 0.15) is 24.8 Å². The van der Waals surface area contributed by atoms with Crippen molar-refractivity contribution >= 4 is 23.4 Å². The highest BCUT2D eigenvalue weighted by Crippen LogP contribution is 2.21. The molecule has 132 valence electrons. The molecule has 5 nitrogen and oxygen atoms in total. The van der Waals surface area contributed by atoms with Gasteiger partial charge >= 0.3 is 0 Å². The smallest absolute Gasteiger partial charge is 0.194 e. The van der Waals surface area contributed by atoms with Crippen LogP contribution in [-0.4, -0.2) is 35.0 Å². The third kappa shape index (κ3) is 5.44. The monoisotopic (exact) mass is 357 g/mol. The zero-order valence-corrected chi connectivity index (χ0v) is 15.0. The highest BCUT2D eigenvalue weighted by atomic mass is 35.5. The normalized spacial score (nSPS) is 18.9. The number of aromatic nitrogens is 1. The van der Waals surface area contributed by atoms with Crippen LogP contribution in [0.5, 0.6) is 0 Å². The molecular formula is C19H24ClN5. The molecule has 1 aliphatic rings. The average Bonchev–Trinajstić information content (AvgIpc) is 2.62. The third-order valence-corrected chi connectivity index (χ3v) is 4.65. The quantitative estimate of drug-likeness (QED) is 0.634. The van der Waals surface area contributed by atoms with Gasteiger partial charge in [-0.15, -0.1) is 0 Å². The largest absolute Gasteiger partial charge is 0.370 e. The first-order valence-corrected chi connectivity index (χ1v) is 9.05. The summed E-state index contributed by atoms with van der Waals surface area (Å²) in [5, 5.41) is 3.82. The van der Waals surface area contributed by atoms with Crippen molar-refractivity contribution in [3.05, 3.63) is 59.2 Å². The minimum absolute atomic E-state index is 0.400. The van der Waals surface area contributed by atoms with Gasteiger partial charge in [0, 0.05) is 23.8 Å². The van der Waals surface area contributed by atoms with Crippen molar-refractivity contribution < 1.29 is 0 Å². The molecule has 0 bridgehead atoms. The van der Waals surface area contributed by atoms with Crippen molar-refractivity contribution in [3.8, 4) is 0 Å². The van der Waals surface area contributed by atoms with Crippen LogP contribution in [0.4, 0.5) is 5.82 Å². The second kappa shape index (κ2) is 8.83. The van der Waals surface area contributed by atoms with Gasteiger partial charge in [-0.05, 0) is 49.2 Å². The molecule has 0 spiro atoms. The van der Waals surface area contributed by atoms with Gasteiger partial charge in [0.25, 0.3) is 0 Å². The summed E-state index contributed by atoms with van der Waals surface area (Å²) in [4.78, 5) is 11.2. The summed E-state index contributed by atoms with van der Waals surface area (Å²) < 4.78 is 0. The maximum Gasteiger partial charge on any atom is 0.194 e. The molecule has 2 heterocycles. The number of aliphatic imine (C=N–C) groups is 1. The lowest BCUT2D eigenvalue weighted by Crippen LogP contribution is -2.41. The topological polar surface area (TPSA) is 66.5 Å². The van der Waals surface area contributed by atoms with Crippen LogP contribution in [-0.2, 0) is 6.54 Å². The van der Waals surface area contributed by atoms with Crippen molar-refractivity contribution in [1.29, 1.82) is 0 Å². The summed E-state index contributed by atoms with van der Waals surface area (Å²) in [5.74, 6) is 1.12. The Balaban J connectivity index is 1.60. The van der Waals surface area contributed by atoms with Gasteiger partial charge in [-0.25, -0.2) is 4.98 Å². The number of nitrogens with one attached hydrogen (secondary N) is 1. The zero-order chi connectivity index (χ0) is 17.5. The Morgan fingerprint density at radius 2 is 2.20 bits per heavy atom. The standard InChI is InChI=1S/C19H24ClN5/c20-16-7-5-6-15(12-16)14-25-11-4-2-8-17(25)13-23-19(21)24-18-9-1-3-10-22-18/h1,3,5-7,9-10,12,17H,2,4,8,11,13-14H2,(H3,21,22,23,24). The van der Waals surface area contributed by atoms with Crippen molar-refractivity contribution in [1.82, 2.24) is 9.88 Å². The number of hydrogen-bond donors (Lipinski definition) is 2. The average molecular weight is 358 g/mol. The van der Waals surface area contributed by atoms with E-state index in [0.717, 1.165) is 24.5 Å². The van der Waals surface area contributed by atoms with E-state index in [1.165, 1.54) is 18.4 Å². The van der Waals surface area contributed by atoms with E-state index >= 15 is 0 Å². The number of halogens is 1. The van der Waals surface area contributed by atoms with Crippen molar-refractivity contribution in [2.24, 2.45) is 10.7 Å². The van der Waals surface area contributed by atoms with Crippen LogP contribution in [0.3, 0.4) is 0 Å². The first-order chi connectivity index (χ1) is 12.2. The van der Waals surface area contributed by atoms with E-state index in [1.54, 1.807) is 6.20 Å². The Bertz CT molecular complexity index is 704. The number of piperidine rings is 1. The third-order valence-electron chi connectivity index (χ3n) is 4.42. The Hall–Kier alpha value is -2.11. The number of hydrogen-bond acceptors (Lipinski definition) is 3. The summed E-state index contributed by atoms with van der Waals surface area (Å²) >= 11 is 6.11. The Morgan fingerprint density at radius 1 is 1.28 bits per heavy atom. The van der Waals surface area contributed by atoms with Crippen molar-refractivity contribution in [2.75, 3.05) is 18.4 Å². The Labute approximate surface area is 153 Å². The fraction of sp³-hybridized carbons (Fsp3) is 0.368. The van der Waals surface area contributed by atoms with Crippen LogP contribution in [0, 0.1) is 0 Å². The Morgan fingerprint density at radius 3 is 3.00 bits per heavy atom. The van der Waals surface area contributed by atoms with Gasteiger partial charge in [-0.3, -0.25) is 9.89 Å². The first-order valence-electron chi connectivity index (χ1n) is 8.67. The number of pyridine rings is 1. The predicted octanol–water partition coefficient (Wildman–Crippen LogP) is 3.52. The lowest BCUT2D eigenvalue weighted by atomic mass is 10.0. The van der Waals surface area contributed by atoms with Crippen LogP contribution < -0.4 is 11.1 Å². The molecule has 1 atom stereocenters. The van der Waals surface area contributed by atoms with Crippen LogP contribution >= 0.6 is 11.6 Å². The SMILES string of the molecule is NC(=NCC1CCCCN1Cc1cccc(Cl)c1)Nc1ccccn1. The molecule has 1 saturated heterocycles. The fourth-order valence-electron chi connectivity index (χ4n) is 3.16. The lowest BCUT2D eigenvalue weighted by molar-refractivity contribution is 0.145. The van der Waals surface area contributed by atoms with Crippen molar-refractivity contribution in [3.63, 3.8) is 0 Å². The predicted molar refractivity (Wildman–Crippen MR) is 104 cm³/mol. The van der Waals surface area contributed by atoms with Gasteiger partial charge in [0.1, 0.15) is 5.82 Å². The second-order valence-corrected chi connectivity index (χ2v) is 6.75. The summed E-state index contributed by atoms with van der Waals surface area (Å²) in [6.07, 6.45) is 5.33. The van der Waals surface area contributed by atoms with Crippen LogP contribution in [0.25, 0.3) is 0 Å². The summed E-state index contributed by atoms with van der Waals surface area (Å²) in [6.45, 7) is 2.67. The van der Waals surface area contributed by atoms with E-state index in [1.807, 2.05) is 36.4 Å². The van der Waals surface area contributed by atoms with E-state index in [0.29, 0.717) is 24.4 Å². The van der Waals surface area contributed by atoms with Gasteiger partial charge in [0.2, 0.25) is 0 Å². The van der Waals surface area contributed by atoms with E-state index in [4.69, 9.17) is 17.3 Å². The number of nitrogens with zero attached hydrogens (tertiary/aromatic N) is 3. The molecule has 3 rings (SSSR count). The maximum absolute atomic E-state index is 6.11. The molecule has 0 aliphatic carbocycles. The molecule has 0 amide bonds. The molecule has 1 aromatic heterocycles. The molecule has 25 heavy (non-hydrogen) atoms. The Kier molecular flexibility index (Phi) is 6.25. The molecule has 3 N–H and O–H groups in total. The summed E-state index contributed by atoms with van der Waals surface area (Å²) in [7, 11) is 0. The van der Waals surface area contributed by atoms with E-state index < -0.39 is 0 Å². The number of nitrogens with two attached hydrogens (primary N) is 1. The molecule has 1 fully saturated rings. The van der Waals surface area contributed by atoms with E-state index in [9.17, 15) is 0 Å². The maximum atomic E-state index is 6.11. The van der Waals surface area contributed by atoms with Gasteiger partial charge in [0.15, 0.2) is 5.96 Å². The van der Waals surface area contributed by atoms with E-state index in [2.05, 4.69) is 26.3 Å². The first kappa shape index (κ1) is 17.7. The second-order valence-electron chi connectivity index (χ2n) is 6.32. The van der Waals surface area contributed by atoms with Gasteiger partial charge in [-0.1, -0.05) is 36.2 Å². The van der Waals surface area contributed by atoms with E-state index in [-0.39, 0.29) is 0 Å². The van der Waals surface area contributed by atoms with Gasteiger partial charge in [-0.2, -0.15) is 0 Å². The molecular weight excluding hydrogens is 334 g/mol. The minimum atomic E-state index is 0.400. The summed E-state index contributed by atoms with van der Waals surface area (Å²) in [5.41, 5.74) is 7.24. The molecule has 1 aromatic carbocycles. The van der Waals surface area contributed by atoms with Gasteiger partial charge in [0.05, 0.1) is 6.54 Å².